The molecule has 0 radical (unpaired) electrons. The second kappa shape index (κ2) is 5.94. The van der Waals surface area contributed by atoms with Crippen LogP contribution in [0.15, 0.2) is 41.4 Å². The summed E-state index contributed by atoms with van der Waals surface area (Å²) in [6, 6.07) is 10.3. The maximum atomic E-state index is 13.2. The molecule has 4 heteroatoms. The summed E-state index contributed by atoms with van der Waals surface area (Å²) in [7, 11) is 1.92. The summed E-state index contributed by atoms with van der Waals surface area (Å²) in [6.07, 6.45) is 1.64. The average molecular weight is 275 g/mol. The number of hydrogen-bond donors (Lipinski definition) is 1. The zero-order chi connectivity index (χ0) is 13.8. The van der Waals surface area contributed by atoms with Gasteiger partial charge in [0, 0.05) is 24.1 Å². The van der Waals surface area contributed by atoms with E-state index >= 15 is 0 Å². The molecule has 2 aromatic rings. The number of aryl methyl sites for hydroxylation is 1. The number of phenolic OH excluding ortho intramolecular Hbond substituents is 1. The van der Waals surface area contributed by atoms with Crippen LogP contribution in [0.2, 0.25) is 0 Å². The van der Waals surface area contributed by atoms with E-state index in [1.807, 2.05) is 25.1 Å². The van der Waals surface area contributed by atoms with Crippen molar-refractivity contribution in [2.45, 2.75) is 6.92 Å². The minimum Gasteiger partial charge on any atom is -0.507 e. The Balaban J connectivity index is 2.40. The molecule has 0 aliphatic rings. The Morgan fingerprint density at radius 1 is 1.21 bits per heavy atom. The second-order valence-corrected chi connectivity index (χ2v) is 5.54. The molecule has 2 nitrogen and oxygen atoms in total. The predicted octanol–water partition coefficient (Wildman–Crippen LogP) is 2.52. The Hall–Kier alpha value is -1.73. The van der Waals surface area contributed by atoms with Gasteiger partial charge in [-0.25, -0.2) is 4.39 Å². The lowest BCUT2D eigenvalue weighted by atomic mass is 10.2. The number of benzene rings is 2. The van der Waals surface area contributed by atoms with Gasteiger partial charge in [0.25, 0.3) is 0 Å². The first-order chi connectivity index (χ1) is 9.11. The molecule has 1 N–H and O–H groups in total. The Morgan fingerprint density at radius 2 is 2.00 bits per heavy atom. The van der Waals surface area contributed by atoms with Crippen LogP contribution < -0.4 is 10.6 Å². The second-order valence-electron chi connectivity index (χ2n) is 4.21. The van der Waals surface area contributed by atoms with Crippen LogP contribution in [0.4, 0.5) is 4.39 Å². The topological polar surface area (TPSA) is 32.6 Å². The molecule has 0 spiro atoms. The number of para-hydroxylation sites is 1. The van der Waals surface area contributed by atoms with Crippen molar-refractivity contribution >= 4 is 25.4 Å². The number of phenols is 1. The summed E-state index contributed by atoms with van der Waals surface area (Å²) in [6.45, 7) is 1.86. The molecule has 0 saturated heterocycles. The van der Waals surface area contributed by atoms with Gasteiger partial charge in [0.2, 0.25) is 0 Å². The monoisotopic (exact) mass is 275 g/mol. The highest BCUT2D eigenvalue weighted by atomic mass is 31.1. The van der Waals surface area contributed by atoms with Crippen LogP contribution in [-0.4, -0.2) is 18.4 Å². The van der Waals surface area contributed by atoms with E-state index in [0.717, 1.165) is 21.7 Å². The van der Waals surface area contributed by atoms with Gasteiger partial charge in [-0.2, -0.15) is 0 Å². The number of hydrogen-bond acceptors (Lipinski definition) is 2. The largest absolute Gasteiger partial charge is 0.507 e. The van der Waals surface area contributed by atoms with Crippen LogP contribution in [0, 0.1) is 12.7 Å². The fourth-order valence-electron chi connectivity index (χ4n) is 1.80. The molecule has 1 atom stereocenters. The van der Waals surface area contributed by atoms with E-state index in [-0.39, 0.29) is 14.4 Å². The predicted molar refractivity (Wildman–Crippen MR) is 80.3 cm³/mol. The van der Waals surface area contributed by atoms with Crippen molar-refractivity contribution in [3.8, 4) is 5.75 Å². The van der Waals surface area contributed by atoms with Gasteiger partial charge in [-0.15, -0.1) is 0 Å². The summed E-state index contributed by atoms with van der Waals surface area (Å²) < 4.78 is 13.2. The van der Waals surface area contributed by atoms with Crippen LogP contribution in [0.1, 0.15) is 11.1 Å². The average Bonchev–Trinajstić information content (AvgIpc) is 2.38. The van der Waals surface area contributed by atoms with Gasteiger partial charge in [0.15, 0.2) is 0 Å². The molecule has 0 bridgehead atoms. The van der Waals surface area contributed by atoms with Crippen molar-refractivity contribution in [2.24, 2.45) is 4.99 Å². The van der Waals surface area contributed by atoms with Crippen molar-refractivity contribution in [3.63, 3.8) is 0 Å². The Labute approximate surface area is 113 Å². The first kappa shape index (κ1) is 13.7. The third kappa shape index (κ3) is 3.18. The van der Waals surface area contributed by atoms with Gasteiger partial charge in [-0.3, -0.25) is 4.99 Å². The fourth-order valence-corrected chi connectivity index (χ4v) is 3.03. The van der Waals surface area contributed by atoms with E-state index < -0.39 is 0 Å². The van der Waals surface area contributed by atoms with E-state index in [2.05, 4.69) is 4.99 Å². The van der Waals surface area contributed by atoms with Gasteiger partial charge in [0.05, 0.1) is 0 Å². The van der Waals surface area contributed by atoms with Gasteiger partial charge in [-0.1, -0.05) is 32.8 Å². The third-order valence-corrected chi connectivity index (χ3v) is 4.19. The number of rotatable bonds is 3. The normalized spacial score (nSPS) is 11.7. The molecular formula is C15H15FNOP. The summed E-state index contributed by atoms with van der Waals surface area (Å²) in [5.74, 6) is 0.0291. The van der Waals surface area contributed by atoms with Gasteiger partial charge >= 0.3 is 0 Å². The first-order valence-corrected chi connectivity index (χ1v) is 6.89. The zero-order valence-corrected chi connectivity index (χ0v) is 11.8. The Morgan fingerprint density at radius 3 is 2.74 bits per heavy atom. The maximum absolute atomic E-state index is 13.2. The van der Waals surface area contributed by atoms with Gasteiger partial charge in [0.1, 0.15) is 11.6 Å². The standard InChI is InChI=1S/C15H15FNOP/c1-10-4-3-5-14(15(10)18)19-13-7-6-12(16)8-11(13)9-17-2/h3-9,18-19H,1-2H3. The van der Waals surface area contributed by atoms with Crippen molar-refractivity contribution in [1.29, 1.82) is 0 Å². The molecule has 2 rings (SSSR count). The highest BCUT2D eigenvalue weighted by molar-refractivity contribution is 7.56. The van der Waals surface area contributed by atoms with E-state index in [9.17, 15) is 9.50 Å². The molecule has 19 heavy (non-hydrogen) atoms. The molecular weight excluding hydrogens is 260 g/mol. The smallest absolute Gasteiger partial charge is 0.126 e. The fraction of sp³-hybridized carbons (Fsp3) is 0.133. The first-order valence-electron chi connectivity index (χ1n) is 5.89. The lowest BCUT2D eigenvalue weighted by Crippen LogP contribution is -2.10. The Bertz CT molecular complexity index is 626. The third-order valence-electron chi connectivity index (χ3n) is 2.79. The number of aromatic hydroxyl groups is 1. The van der Waals surface area contributed by atoms with Crippen LogP contribution in [0.25, 0.3) is 0 Å². The summed E-state index contributed by atoms with van der Waals surface area (Å²) in [5.41, 5.74) is 1.60. The minimum absolute atomic E-state index is 0.269. The van der Waals surface area contributed by atoms with Crippen molar-refractivity contribution < 1.29 is 9.50 Å². The number of halogens is 1. The van der Waals surface area contributed by atoms with Crippen LogP contribution in [-0.2, 0) is 0 Å². The summed E-state index contributed by atoms with van der Waals surface area (Å²) >= 11 is 0. The molecule has 0 heterocycles. The van der Waals surface area contributed by atoms with Gasteiger partial charge < -0.3 is 5.11 Å². The molecule has 0 aliphatic heterocycles. The lowest BCUT2D eigenvalue weighted by Gasteiger charge is -2.09. The lowest BCUT2D eigenvalue weighted by molar-refractivity contribution is 0.475. The quantitative estimate of drug-likeness (QED) is 0.677. The number of nitrogens with zero attached hydrogens (tertiary/aromatic N) is 1. The highest BCUT2D eigenvalue weighted by Gasteiger charge is 2.08. The molecule has 0 amide bonds. The molecule has 0 aromatic heterocycles. The highest BCUT2D eigenvalue weighted by Crippen LogP contribution is 2.22. The van der Waals surface area contributed by atoms with Crippen LogP contribution in [0.3, 0.4) is 0 Å². The van der Waals surface area contributed by atoms with Crippen molar-refractivity contribution in [3.05, 3.63) is 53.3 Å². The van der Waals surface area contributed by atoms with Crippen LogP contribution in [0.5, 0.6) is 5.75 Å². The van der Waals surface area contributed by atoms with E-state index in [1.54, 1.807) is 19.3 Å². The molecule has 98 valence electrons. The van der Waals surface area contributed by atoms with E-state index in [0.29, 0.717) is 5.75 Å². The summed E-state index contributed by atoms with van der Waals surface area (Å²) in [5, 5.41) is 11.9. The van der Waals surface area contributed by atoms with E-state index in [4.69, 9.17) is 0 Å². The van der Waals surface area contributed by atoms with Crippen molar-refractivity contribution in [1.82, 2.24) is 0 Å². The number of aliphatic imine (C=N–C) groups is 1. The van der Waals surface area contributed by atoms with Crippen LogP contribution >= 0.6 is 8.58 Å². The Kier molecular flexibility index (Phi) is 4.28. The van der Waals surface area contributed by atoms with E-state index in [1.165, 1.54) is 12.1 Å². The SMILES string of the molecule is CN=Cc1cc(F)ccc1Pc1cccc(C)c1O. The molecule has 0 aliphatic carbocycles. The molecule has 2 aromatic carbocycles. The molecule has 1 unspecified atom stereocenters. The molecule has 0 saturated carbocycles. The summed E-state index contributed by atoms with van der Waals surface area (Å²) in [4.78, 5) is 3.94. The zero-order valence-electron chi connectivity index (χ0n) is 10.8. The minimum atomic E-state index is -0.281. The van der Waals surface area contributed by atoms with Crippen molar-refractivity contribution in [2.75, 3.05) is 7.05 Å². The molecule has 0 fully saturated rings. The van der Waals surface area contributed by atoms with Gasteiger partial charge in [-0.05, 0) is 29.9 Å². The maximum Gasteiger partial charge on any atom is 0.126 e.